The Labute approximate surface area is 166 Å². The van der Waals surface area contributed by atoms with Gasteiger partial charge in [-0.3, -0.25) is 5.10 Å². The summed E-state index contributed by atoms with van der Waals surface area (Å²) in [6.45, 7) is 2.08. The number of benzene rings is 1. The number of hydrogen-bond donors (Lipinski definition) is 1. The fraction of sp³-hybridized carbons (Fsp3) is 0.227. The van der Waals surface area contributed by atoms with Crippen LogP contribution >= 0.6 is 0 Å². The number of ether oxygens (including phenoxy) is 1. The Balaban J connectivity index is 1.67. The minimum atomic E-state index is -0.395. The topological polar surface area (TPSA) is 72.3 Å². The second-order valence-corrected chi connectivity index (χ2v) is 7.17. The fourth-order valence-corrected chi connectivity index (χ4v) is 3.63. The molecule has 7 heteroatoms. The van der Waals surface area contributed by atoms with Crippen molar-refractivity contribution in [3.63, 3.8) is 0 Å². The van der Waals surface area contributed by atoms with Gasteiger partial charge < -0.3 is 4.74 Å². The van der Waals surface area contributed by atoms with Crippen LogP contribution in [-0.2, 0) is 4.74 Å². The van der Waals surface area contributed by atoms with Gasteiger partial charge in [-0.25, -0.2) is 13.7 Å². The van der Waals surface area contributed by atoms with Crippen molar-refractivity contribution in [2.24, 2.45) is 0 Å². The third-order valence-corrected chi connectivity index (χ3v) is 5.20. The van der Waals surface area contributed by atoms with Crippen LogP contribution in [0.15, 0.2) is 48.8 Å². The average molecular weight is 390 g/mol. The highest BCUT2D eigenvalue weighted by Crippen LogP contribution is 2.46. The van der Waals surface area contributed by atoms with E-state index in [0.717, 1.165) is 40.9 Å². The summed E-state index contributed by atoms with van der Waals surface area (Å²) in [6.07, 6.45) is 5.57. The number of aromatic amines is 1. The van der Waals surface area contributed by atoms with E-state index in [2.05, 4.69) is 15.3 Å². The average Bonchev–Trinajstić information content (AvgIpc) is 3.33. The van der Waals surface area contributed by atoms with Crippen LogP contribution in [0.3, 0.4) is 0 Å². The molecular weight excluding hydrogens is 371 g/mol. The predicted octanol–water partition coefficient (Wildman–Crippen LogP) is 4.58. The first kappa shape index (κ1) is 17.6. The van der Waals surface area contributed by atoms with E-state index in [0.29, 0.717) is 23.6 Å². The van der Waals surface area contributed by atoms with E-state index in [1.54, 1.807) is 23.6 Å². The lowest BCUT2D eigenvalue weighted by molar-refractivity contribution is 0.0528. The van der Waals surface area contributed by atoms with Crippen molar-refractivity contribution in [2.45, 2.75) is 25.7 Å². The van der Waals surface area contributed by atoms with Crippen molar-refractivity contribution < 1.29 is 13.9 Å². The molecule has 1 N–H and O–H groups in total. The summed E-state index contributed by atoms with van der Waals surface area (Å²) in [4.78, 5) is 12.3. The maximum absolute atomic E-state index is 13.4. The zero-order valence-electron chi connectivity index (χ0n) is 15.9. The number of H-pyrrole nitrogens is 1. The lowest BCUT2D eigenvalue weighted by Crippen LogP contribution is -2.04. The number of pyridine rings is 1. The van der Waals surface area contributed by atoms with Crippen molar-refractivity contribution in [1.82, 2.24) is 19.8 Å². The minimum Gasteiger partial charge on any atom is -0.462 e. The Morgan fingerprint density at radius 3 is 2.76 bits per heavy atom. The zero-order valence-corrected chi connectivity index (χ0v) is 15.9. The Bertz CT molecular complexity index is 1210. The number of nitrogens with one attached hydrogen (secondary N) is 1. The summed E-state index contributed by atoms with van der Waals surface area (Å²) in [7, 11) is 0. The number of aromatic nitrogens is 4. The highest BCUT2D eigenvalue weighted by atomic mass is 19.1. The van der Waals surface area contributed by atoms with E-state index in [1.807, 2.05) is 18.3 Å². The first-order chi connectivity index (χ1) is 14.2. The summed E-state index contributed by atoms with van der Waals surface area (Å²) >= 11 is 0. The zero-order chi connectivity index (χ0) is 20.0. The molecule has 0 bridgehead atoms. The van der Waals surface area contributed by atoms with Gasteiger partial charge in [-0.15, -0.1) is 0 Å². The van der Waals surface area contributed by atoms with Gasteiger partial charge in [0.2, 0.25) is 0 Å². The van der Waals surface area contributed by atoms with E-state index in [9.17, 15) is 9.18 Å². The van der Waals surface area contributed by atoms with Crippen LogP contribution in [0, 0.1) is 5.82 Å². The predicted molar refractivity (Wildman–Crippen MR) is 106 cm³/mol. The van der Waals surface area contributed by atoms with Crippen LogP contribution in [0.4, 0.5) is 4.39 Å². The molecule has 0 amide bonds. The lowest BCUT2D eigenvalue weighted by atomic mass is 9.97. The normalized spacial score (nSPS) is 13.7. The fourth-order valence-electron chi connectivity index (χ4n) is 3.63. The quantitative estimate of drug-likeness (QED) is 0.506. The number of nitrogens with zero attached hydrogens (tertiary/aromatic N) is 3. The molecule has 1 aliphatic carbocycles. The summed E-state index contributed by atoms with van der Waals surface area (Å²) in [6, 6.07) is 10.2. The maximum atomic E-state index is 13.4. The van der Waals surface area contributed by atoms with Gasteiger partial charge in [-0.1, -0.05) is 0 Å². The summed E-state index contributed by atoms with van der Waals surface area (Å²) < 4.78 is 20.2. The molecule has 1 aromatic carbocycles. The van der Waals surface area contributed by atoms with Crippen LogP contribution in [0.2, 0.25) is 0 Å². The van der Waals surface area contributed by atoms with Crippen molar-refractivity contribution in [2.75, 3.05) is 6.61 Å². The number of rotatable bonds is 5. The summed E-state index contributed by atoms with van der Waals surface area (Å²) in [5.74, 6) is -0.238. The first-order valence-corrected chi connectivity index (χ1v) is 9.64. The molecule has 0 saturated heterocycles. The molecule has 1 fully saturated rings. The van der Waals surface area contributed by atoms with E-state index >= 15 is 0 Å². The molecule has 3 aromatic heterocycles. The third kappa shape index (κ3) is 3.08. The molecule has 6 nitrogen and oxygen atoms in total. The van der Waals surface area contributed by atoms with Crippen LogP contribution < -0.4 is 0 Å². The molecule has 29 heavy (non-hydrogen) atoms. The van der Waals surface area contributed by atoms with Crippen molar-refractivity contribution in [3.8, 4) is 22.4 Å². The van der Waals surface area contributed by atoms with Crippen LogP contribution in [0.1, 0.15) is 41.7 Å². The largest absolute Gasteiger partial charge is 0.462 e. The maximum Gasteiger partial charge on any atom is 0.341 e. The van der Waals surface area contributed by atoms with E-state index < -0.39 is 5.97 Å². The Hall–Kier alpha value is -3.48. The van der Waals surface area contributed by atoms with Crippen LogP contribution in [0.5, 0.6) is 0 Å². The van der Waals surface area contributed by atoms with Gasteiger partial charge >= 0.3 is 5.97 Å². The third-order valence-electron chi connectivity index (χ3n) is 5.20. The van der Waals surface area contributed by atoms with E-state index in [-0.39, 0.29) is 5.82 Å². The van der Waals surface area contributed by atoms with Crippen molar-refractivity contribution in [1.29, 1.82) is 0 Å². The van der Waals surface area contributed by atoms with Crippen molar-refractivity contribution >= 4 is 11.5 Å². The van der Waals surface area contributed by atoms with Crippen molar-refractivity contribution in [3.05, 3.63) is 65.9 Å². The number of hydrogen-bond acceptors (Lipinski definition) is 4. The minimum absolute atomic E-state index is 0.284. The van der Waals surface area contributed by atoms with Crippen LogP contribution in [0.25, 0.3) is 27.9 Å². The van der Waals surface area contributed by atoms with Crippen LogP contribution in [-0.4, -0.2) is 32.4 Å². The molecule has 0 spiro atoms. The monoisotopic (exact) mass is 390 g/mol. The second kappa shape index (κ2) is 6.84. The summed E-state index contributed by atoms with van der Waals surface area (Å²) in [5, 5.41) is 12.0. The lowest BCUT2D eigenvalue weighted by Gasteiger charge is -2.08. The SMILES string of the molecule is CCOC(=O)c1cnn2ccc(-c3c(-c4ccc(F)cc4)n[nH]c3C3CC3)cc12. The molecule has 1 saturated carbocycles. The smallest absolute Gasteiger partial charge is 0.341 e. The van der Waals surface area contributed by atoms with Gasteiger partial charge in [-0.05, 0) is 61.7 Å². The molecule has 0 radical (unpaired) electrons. The molecule has 4 aromatic rings. The number of fused-ring (bicyclic) bond motifs is 1. The van der Waals surface area contributed by atoms with E-state index in [1.165, 1.54) is 18.3 Å². The molecule has 0 unspecified atom stereocenters. The van der Waals surface area contributed by atoms with Gasteiger partial charge in [0.15, 0.2) is 0 Å². The number of carbonyl (C=O) groups excluding carboxylic acids is 1. The molecular formula is C22H19FN4O2. The van der Waals surface area contributed by atoms with Gasteiger partial charge in [-0.2, -0.15) is 10.2 Å². The molecule has 146 valence electrons. The standard InChI is InChI=1S/C22H19FN4O2/c1-2-29-22(28)17-12-24-27-10-9-15(11-18(17)27)19-20(13-3-4-13)25-26-21(19)14-5-7-16(23)8-6-14/h5-13H,2-4H2,1H3,(H,25,26). The van der Waals surface area contributed by atoms with E-state index in [4.69, 9.17) is 4.74 Å². The second-order valence-electron chi connectivity index (χ2n) is 7.17. The molecule has 1 aliphatic rings. The summed E-state index contributed by atoms with van der Waals surface area (Å²) in [5.41, 5.74) is 5.70. The number of carbonyl (C=O) groups is 1. The van der Waals surface area contributed by atoms with Gasteiger partial charge in [0.05, 0.1) is 18.3 Å². The Morgan fingerprint density at radius 1 is 1.24 bits per heavy atom. The number of esters is 1. The Morgan fingerprint density at radius 2 is 2.03 bits per heavy atom. The van der Waals surface area contributed by atoms with Gasteiger partial charge in [0, 0.05) is 28.9 Å². The van der Waals surface area contributed by atoms with Gasteiger partial charge in [0.1, 0.15) is 17.1 Å². The Kier molecular flexibility index (Phi) is 4.16. The first-order valence-electron chi connectivity index (χ1n) is 9.64. The van der Waals surface area contributed by atoms with Gasteiger partial charge in [0.25, 0.3) is 0 Å². The highest BCUT2D eigenvalue weighted by molar-refractivity contribution is 5.98. The highest BCUT2D eigenvalue weighted by Gasteiger charge is 2.31. The number of halogens is 1. The molecule has 3 heterocycles. The molecule has 0 aliphatic heterocycles. The molecule has 5 rings (SSSR count). The molecule has 0 atom stereocenters.